The van der Waals surface area contributed by atoms with Crippen molar-refractivity contribution in [2.24, 2.45) is 0 Å². The van der Waals surface area contributed by atoms with Crippen LogP contribution in [0.25, 0.3) is 0 Å². The fourth-order valence-electron chi connectivity index (χ4n) is 4.70. The van der Waals surface area contributed by atoms with Crippen LogP contribution >= 0.6 is 0 Å². The van der Waals surface area contributed by atoms with Gasteiger partial charge in [0.05, 0.1) is 5.41 Å². The van der Waals surface area contributed by atoms with Crippen LogP contribution in [0.1, 0.15) is 25.3 Å². The maximum Gasteiger partial charge on any atom is 0.233 e. The molecule has 0 aromatic heterocycles. The lowest BCUT2D eigenvalue weighted by atomic mass is 9.71. The Bertz CT molecular complexity index is 837. The lowest BCUT2D eigenvalue weighted by molar-refractivity contribution is -0.142. The molecule has 2 saturated heterocycles. The topological polar surface area (TPSA) is 43.9 Å². The van der Waals surface area contributed by atoms with Gasteiger partial charge in [-0.05, 0) is 30.5 Å². The number of piperidine rings is 1. The number of piperazine rings is 1. The largest absolute Gasteiger partial charge is 0.368 e. The van der Waals surface area contributed by atoms with Crippen molar-refractivity contribution in [3.63, 3.8) is 0 Å². The predicted molar refractivity (Wildman–Crippen MR) is 115 cm³/mol. The molecule has 0 spiro atoms. The van der Waals surface area contributed by atoms with E-state index in [4.69, 9.17) is 0 Å². The van der Waals surface area contributed by atoms with Crippen LogP contribution in [0.5, 0.6) is 0 Å². The van der Waals surface area contributed by atoms with E-state index in [2.05, 4.69) is 41.3 Å². The molecule has 0 unspecified atom stereocenters. The van der Waals surface area contributed by atoms with Crippen molar-refractivity contribution in [3.8, 4) is 0 Å². The second kappa shape index (κ2) is 8.27. The van der Waals surface area contributed by atoms with E-state index in [0.717, 1.165) is 31.7 Å². The van der Waals surface area contributed by atoms with Crippen molar-refractivity contribution >= 4 is 17.5 Å². The zero-order valence-electron chi connectivity index (χ0n) is 17.1. The molecule has 0 N–H and O–H groups in total. The Morgan fingerprint density at radius 1 is 0.724 bits per heavy atom. The van der Waals surface area contributed by atoms with Crippen molar-refractivity contribution in [2.75, 3.05) is 44.2 Å². The summed E-state index contributed by atoms with van der Waals surface area (Å²) in [5.41, 5.74) is 1.77. The molecule has 0 radical (unpaired) electrons. The average Bonchev–Trinajstić information content (AvgIpc) is 2.80. The lowest BCUT2D eigenvalue weighted by Crippen LogP contribution is -2.57. The van der Waals surface area contributed by atoms with Gasteiger partial charge in [-0.2, -0.15) is 0 Å². The summed E-state index contributed by atoms with van der Waals surface area (Å²) in [4.78, 5) is 31.9. The average molecular weight is 392 g/mol. The second-order valence-electron chi connectivity index (χ2n) is 8.07. The number of carbonyl (C=O) groups is 2. The van der Waals surface area contributed by atoms with Gasteiger partial charge in [-0.3, -0.25) is 9.59 Å². The predicted octanol–water partition coefficient (Wildman–Crippen LogP) is 2.92. The highest BCUT2D eigenvalue weighted by Gasteiger charge is 2.45. The third kappa shape index (κ3) is 3.86. The number of rotatable bonds is 3. The molecule has 2 aliphatic rings. The normalized spacial score (nSPS) is 19.1. The summed E-state index contributed by atoms with van der Waals surface area (Å²) in [6.45, 7) is 6.05. The maximum absolute atomic E-state index is 13.8. The molecular formula is C24H29N3O2. The molecule has 4 rings (SSSR count). The zero-order valence-corrected chi connectivity index (χ0v) is 17.1. The van der Waals surface area contributed by atoms with Gasteiger partial charge in [0.2, 0.25) is 11.8 Å². The van der Waals surface area contributed by atoms with Gasteiger partial charge >= 0.3 is 0 Å². The standard InChI is InChI=1S/C24H29N3O2/c1-20(28)25-14-12-24(13-15-25,21-8-4-2-5-9-21)23(29)27-18-16-26(17-19-27)22-10-6-3-7-11-22/h2-11H,12-19H2,1H3. The number of benzene rings is 2. The molecule has 2 aliphatic heterocycles. The fraction of sp³-hybridized carbons (Fsp3) is 0.417. The van der Waals surface area contributed by atoms with Crippen molar-refractivity contribution in [1.29, 1.82) is 0 Å². The first-order chi connectivity index (χ1) is 14.1. The summed E-state index contributed by atoms with van der Waals surface area (Å²) in [7, 11) is 0. The minimum Gasteiger partial charge on any atom is -0.368 e. The van der Waals surface area contributed by atoms with Gasteiger partial charge in [0.15, 0.2) is 0 Å². The van der Waals surface area contributed by atoms with E-state index >= 15 is 0 Å². The van der Waals surface area contributed by atoms with E-state index in [1.807, 2.05) is 34.1 Å². The van der Waals surface area contributed by atoms with Crippen LogP contribution in [-0.4, -0.2) is 60.9 Å². The van der Waals surface area contributed by atoms with Crippen molar-refractivity contribution in [3.05, 3.63) is 66.2 Å². The third-order valence-electron chi connectivity index (χ3n) is 6.49. The van der Waals surface area contributed by atoms with E-state index in [1.165, 1.54) is 5.69 Å². The minimum absolute atomic E-state index is 0.0931. The zero-order chi connectivity index (χ0) is 20.3. The summed E-state index contributed by atoms with van der Waals surface area (Å²) in [6, 6.07) is 20.5. The smallest absolute Gasteiger partial charge is 0.233 e. The monoisotopic (exact) mass is 391 g/mol. The molecule has 5 heteroatoms. The molecule has 2 aromatic rings. The summed E-state index contributed by atoms with van der Waals surface area (Å²) in [5, 5.41) is 0. The SMILES string of the molecule is CC(=O)N1CCC(C(=O)N2CCN(c3ccccc3)CC2)(c2ccccc2)CC1. The highest BCUT2D eigenvalue weighted by molar-refractivity contribution is 5.89. The molecule has 2 fully saturated rings. The number of hydrogen-bond donors (Lipinski definition) is 0. The molecule has 152 valence electrons. The summed E-state index contributed by atoms with van der Waals surface area (Å²) >= 11 is 0. The minimum atomic E-state index is -0.526. The number of carbonyl (C=O) groups excluding carboxylic acids is 2. The molecule has 0 saturated carbocycles. The van der Waals surface area contributed by atoms with Gasteiger partial charge in [-0.25, -0.2) is 0 Å². The Kier molecular flexibility index (Phi) is 5.56. The summed E-state index contributed by atoms with van der Waals surface area (Å²) in [5.74, 6) is 0.315. The summed E-state index contributed by atoms with van der Waals surface area (Å²) in [6.07, 6.45) is 1.38. The molecule has 0 atom stereocenters. The fourth-order valence-corrected chi connectivity index (χ4v) is 4.70. The van der Waals surface area contributed by atoms with Crippen LogP contribution in [0, 0.1) is 0 Å². The van der Waals surface area contributed by atoms with E-state index in [-0.39, 0.29) is 11.8 Å². The Balaban J connectivity index is 1.52. The number of nitrogens with zero attached hydrogens (tertiary/aromatic N) is 3. The van der Waals surface area contributed by atoms with Gasteiger partial charge in [-0.1, -0.05) is 48.5 Å². The second-order valence-corrected chi connectivity index (χ2v) is 8.07. The molecule has 2 amide bonds. The van der Waals surface area contributed by atoms with Crippen LogP contribution in [0.15, 0.2) is 60.7 Å². The highest BCUT2D eigenvalue weighted by atomic mass is 16.2. The number of likely N-dealkylation sites (tertiary alicyclic amines) is 1. The van der Waals surface area contributed by atoms with Gasteiger partial charge in [0, 0.05) is 51.9 Å². The van der Waals surface area contributed by atoms with Crippen LogP contribution < -0.4 is 4.90 Å². The maximum atomic E-state index is 13.8. The molecule has 0 aliphatic carbocycles. The molecular weight excluding hydrogens is 362 g/mol. The van der Waals surface area contributed by atoms with Gasteiger partial charge in [0.1, 0.15) is 0 Å². The molecule has 5 nitrogen and oxygen atoms in total. The van der Waals surface area contributed by atoms with Gasteiger partial charge in [-0.15, -0.1) is 0 Å². The van der Waals surface area contributed by atoms with Crippen molar-refractivity contribution in [1.82, 2.24) is 9.80 Å². The van der Waals surface area contributed by atoms with E-state index in [0.29, 0.717) is 25.9 Å². The van der Waals surface area contributed by atoms with E-state index in [1.54, 1.807) is 6.92 Å². The number of anilines is 1. The van der Waals surface area contributed by atoms with Crippen molar-refractivity contribution in [2.45, 2.75) is 25.2 Å². The molecule has 2 heterocycles. The van der Waals surface area contributed by atoms with E-state index in [9.17, 15) is 9.59 Å². The molecule has 2 aromatic carbocycles. The van der Waals surface area contributed by atoms with E-state index < -0.39 is 5.41 Å². The Morgan fingerprint density at radius 3 is 1.83 bits per heavy atom. The first kappa shape index (κ1) is 19.5. The lowest BCUT2D eigenvalue weighted by Gasteiger charge is -2.45. The first-order valence-corrected chi connectivity index (χ1v) is 10.5. The van der Waals surface area contributed by atoms with Crippen LogP contribution in [0.2, 0.25) is 0 Å². The summed E-state index contributed by atoms with van der Waals surface area (Å²) < 4.78 is 0. The van der Waals surface area contributed by atoms with Crippen LogP contribution in [0.3, 0.4) is 0 Å². The highest BCUT2D eigenvalue weighted by Crippen LogP contribution is 2.38. The number of hydrogen-bond acceptors (Lipinski definition) is 3. The van der Waals surface area contributed by atoms with Gasteiger partial charge in [0.25, 0.3) is 0 Å². The van der Waals surface area contributed by atoms with Crippen LogP contribution in [-0.2, 0) is 15.0 Å². The first-order valence-electron chi connectivity index (χ1n) is 10.5. The Morgan fingerprint density at radius 2 is 1.28 bits per heavy atom. The quantitative estimate of drug-likeness (QED) is 0.808. The van der Waals surface area contributed by atoms with Crippen molar-refractivity contribution < 1.29 is 9.59 Å². The Labute approximate surface area is 172 Å². The Hall–Kier alpha value is -2.82. The number of amides is 2. The van der Waals surface area contributed by atoms with Gasteiger partial charge < -0.3 is 14.7 Å². The van der Waals surface area contributed by atoms with Crippen LogP contribution in [0.4, 0.5) is 5.69 Å². The molecule has 29 heavy (non-hydrogen) atoms. The molecule has 0 bridgehead atoms. The number of para-hydroxylation sites is 1. The third-order valence-corrected chi connectivity index (χ3v) is 6.49.